The molecule has 0 spiro atoms. The SMILES string of the molecule is C=CC(=O)N(C)CC(=O)NC1(C)CCC(C)CC1. The molecule has 1 rings (SSSR count). The first-order valence-electron chi connectivity index (χ1n) is 6.55. The Morgan fingerprint density at radius 2 is 2.00 bits per heavy atom. The van der Waals surface area contributed by atoms with Gasteiger partial charge in [-0.05, 0) is 44.6 Å². The van der Waals surface area contributed by atoms with Gasteiger partial charge in [-0.15, -0.1) is 0 Å². The van der Waals surface area contributed by atoms with Gasteiger partial charge in [0.15, 0.2) is 0 Å². The first-order chi connectivity index (χ1) is 8.36. The molecule has 2 amide bonds. The maximum atomic E-state index is 11.9. The van der Waals surface area contributed by atoms with Gasteiger partial charge >= 0.3 is 0 Å². The summed E-state index contributed by atoms with van der Waals surface area (Å²) in [5.74, 6) is 0.428. The highest BCUT2D eigenvalue weighted by molar-refractivity contribution is 5.90. The van der Waals surface area contributed by atoms with Gasteiger partial charge in [0, 0.05) is 12.6 Å². The molecule has 0 bridgehead atoms. The Bertz CT molecular complexity index is 331. The Morgan fingerprint density at radius 3 is 2.50 bits per heavy atom. The molecule has 1 fully saturated rings. The van der Waals surface area contributed by atoms with E-state index in [0.29, 0.717) is 0 Å². The average Bonchev–Trinajstić information content (AvgIpc) is 2.31. The van der Waals surface area contributed by atoms with Crippen molar-refractivity contribution in [1.82, 2.24) is 10.2 Å². The van der Waals surface area contributed by atoms with Crippen LogP contribution in [0.25, 0.3) is 0 Å². The second kappa shape index (κ2) is 6.03. The van der Waals surface area contributed by atoms with E-state index in [1.54, 1.807) is 7.05 Å². The zero-order chi connectivity index (χ0) is 13.8. The van der Waals surface area contributed by atoms with Crippen molar-refractivity contribution in [2.24, 2.45) is 5.92 Å². The minimum absolute atomic E-state index is 0.0928. The van der Waals surface area contributed by atoms with Gasteiger partial charge in [-0.3, -0.25) is 9.59 Å². The van der Waals surface area contributed by atoms with E-state index < -0.39 is 0 Å². The normalized spacial score (nSPS) is 27.4. The first kappa shape index (κ1) is 14.7. The van der Waals surface area contributed by atoms with Gasteiger partial charge in [-0.2, -0.15) is 0 Å². The smallest absolute Gasteiger partial charge is 0.246 e. The Labute approximate surface area is 109 Å². The van der Waals surface area contributed by atoms with E-state index in [4.69, 9.17) is 0 Å². The molecular formula is C14H24N2O2. The standard InChI is InChI=1S/C14H24N2O2/c1-5-13(18)16(4)10-12(17)15-14(3)8-6-11(2)7-9-14/h5,11H,1,6-10H2,2-4H3,(H,15,17). The highest BCUT2D eigenvalue weighted by Crippen LogP contribution is 2.31. The number of rotatable bonds is 4. The summed E-state index contributed by atoms with van der Waals surface area (Å²) in [7, 11) is 1.61. The summed E-state index contributed by atoms with van der Waals surface area (Å²) >= 11 is 0. The van der Waals surface area contributed by atoms with E-state index in [0.717, 1.165) is 31.6 Å². The lowest BCUT2D eigenvalue weighted by Crippen LogP contribution is -2.51. The lowest BCUT2D eigenvalue weighted by molar-refractivity contribution is -0.132. The largest absolute Gasteiger partial charge is 0.349 e. The van der Waals surface area contributed by atoms with Gasteiger partial charge < -0.3 is 10.2 Å². The second-order valence-electron chi connectivity index (χ2n) is 5.69. The van der Waals surface area contributed by atoms with Crippen LogP contribution in [0.15, 0.2) is 12.7 Å². The third-order valence-electron chi connectivity index (χ3n) is 3.75. The number of likely N-dealkylation sites (N-methyl/N-ethyl adjacent to an activating group) is 1. The fourth-order valence-corrected chi connectivity index (χ4v) is 2.35. The Kier molecular flexibility index (Phi) is 4.93. The number of carbonyl (C=O) groups is 2. The maximum Gasteiger partial charge on any atom is 0.246 e. The lowest BCUT2D eigenvalue weighted by Gasteiger charge is -2.37. The Morgan fingerprint density at radius 1 is 1.44 bits per heavy atom. The van der Waals surface area contributed by atoms with Crippen LogP contribution in [0.3, 0.4) is 0 Å². The van der Waals surface area contributed by atoms with Crippen molar-refractivity contribution in [3.05, 3.63) is 12.7 Å². The van der Waals surface area contributed by atoms with Crippen molar-refractivity contribution in [2.45, 2.75) is 45.1 Å². The molecule has 0 unspecified atom stereocenters. The summed E-state index contributed by atoms with van der Waals surface area (Å²) in [5, 5.41) is 3.06. The van der Waals surface area contributed by atoms with Crippen molar-refractivity contribution in [3.8, 4) is 0 Å². The molecule has 1 saturated carbocycles. The summed E-state index contributed by atoms with van der Waals surface area (Å²) in [6, 6.07) is 0. The maximum absolute atomic E-state index is 11.9. The number of hydrogen-bond acceptors (Lipinski definition) is 2. The molecule has 4 nitrogen and oxygen atoms in total. The number of nitrogens with one attached hydrogen (secondary N) is 1. The second-order valence-corrected chi connectivity index (χ2v) is 5.69. The zero-order valence-electron chi connectivity index (χ0n) is 11.7. The van der Waals surface area contributed by atoms with Gasteiger partial charge in [0.05, 0.1) is 6.54 Å². The Hall–Kier alpha value is -1.32. The molecule has 1 N–H and O–H groups in total. The minimum atomic E-state index is -0.229. The van der Waals surface area contributed by atoms with Gasteiger partial charge in [0.25, 0.3) is 0 Å². The average molecular weight is 252 g/mol. The number of hydrogen-bond donors (Lipinski definition) is 1. The van der Waals surface area contributed by atoms with Crippen LogP contribution >= 0.6 is 0 Å². The van der Waals surface area contributed by atoms with Crippen molar-refractivity contribution < 1.29 is 9.59 Å². The molecule has 0 heterocycles. The molecule has 0 aromatic heterocycles. The van der Waals surface area contributed by atoms with E-state index >= 15 is 0 Å². The van der Waals surface area contributed by atoms with Crippen LogP contribution in [-0.4, -0.2) is 35.8 Å². The molecule has 0 aromatic rings. The van der Waals surface area contributed by atoms with Crippen LogP contribution in [0.4, 0.5) is 0 Å². The van der Waals surface area contributed by atoms with Crippen molar-refractivity contribution in [1.29, 1.82) is 0 Å². The van der Waals surface area contributed by atoms with Crippen molar-refractivity contribution in [2.75, 3.05) is 13.6 Å². The van der Waals surface area contributed by atoms with E-state index in [2.05, 4.69) is 25.7 Å². The van der Waals surface area contributed by atoms with E-state index in [1.165, 1.54) is 11.0 Å². The van der Waals surface area contributed by atoms with Gasteiger partial charge in [0.2, 0.25) is 11.8 Å². The van der Waals surface area contributed by atoms with E-state index in [-0.39, 0.29) is 23.9 Å². The molecule has 4 heteroatoms. The topological polar surface area (TPSA) is 49.4 Å². The molecule has 1 aliphatic rings. The molecule has 18 heavy (non-hydrogen) atoms. The summed E-state index contributed by atoms with van der Waals surface area (Å²) in [6.45, 7) is 7.83. The predicted molar refractivity (Wildman–Crippen MR) is 72.0 cm³/mol. The quantitative estimate of drug-likeness (QED) is 0.774. The number of carbonyl (C=O) groups excluding carboxylic acids is 2. The van der Waals surface area contributed by atoms with Crippen LogP contribution in [0.2, 0.25) is 0 Å². The summed E-state index contributed by atoms with van der Waals surface area (Å²) in [4.78, 5) is 24.6. The number of amides is 2. The molecule has 0 aliphatic heterocycles. The van der Waals surface area contributed by atoms with Crippen LogP contribution in [0, 0.1) is 5.92 Å². The molecule has 0 atom stereocenters. The summed E-state index contributed by atoms with van der Waals surface area (Å²) < 4.78 is 0. The van der Waals surface area contributed by atoms with Crippen LogP contribution in [0.5, 0.6) is 0 Å². The molecule has 102 valence electrons. The van der Waals surface area contributed by atoms with Crippen molar-refractivity contribution in [3.63, 3.8) is 0 Å². The third kappa shape index (κ3) is 4.17. The molecular weight excluding hydrogens is 228 g/mol. The molecule has 1 aliphatic carbocycles. The molecule has 0 saturated heterocycles. The van der Waals surface area contributed by atoms with Gasteiger partial charge in [0.1, 0.15) is 0 Å². The van der Waals surface area contributed by atoms with E-state index in [9.17, 15) is 9.59 Å². The Balaban J connectivity index is 2.44. The first-order valence-corrected chi connectivity index (χ1v) is 6.55. The zero-order valence-corrected chi connectivity index (χ0v) is 11.7. The van der Waals surface area contributed by atoms with Crippen LogP contribution < -0.4 is 5.32 Å². The fraction of sp³-hybridized carbons (Fsp3) is 0.714. The summed E-state index contributed by atoms with van der Waals surface area (Å²) in [6.07, 6.45) is 5.55. The summed E-state index contributed by atoms with van der Waals surface area (Å²) in [5.41, 5.74) is -0.109. The highest BCUT2D eigenvalue weighted by atomic mass is 16.2. The minimum Gasteiger partial charge on any atom is -0.349 e. The predicted octanol–water partition coefficient (Wildman–Crippen LogP) is 1.72. The lowest BCUT2D eigenvalue weighted by atomic mass is 9.78. The fourth-order valence-electron chi connectivity index (χ4n) is 2.35. The van der Waals surface area contributed by atoms with Crippen LogP contribution in [-0.2, 0) is 9.59 Å². The van der Waals surface area contributed by atoms with Crippen molar-refractivity contribution >= 4 is 11.8 Å². The van der Waals surface area contributed by atoms with E-state index in [1.807, 2.05) is 0 Å². The molecule has 0 radical (unpaired) electrons. The van der Waals surface area contributed by atoms with Gasteiger partial charge in [-0.25, -0.2) is 0 Å². The third-order valence-corrected chi connectivity index (χ3v) is 3.75. The van der Waals surface area contributed by atoms with Gasteiger partial charge in [-0.1, -0.05) is 13.5 Å². The van der Waals surface area contributed by atoms with Crippen LogP contribution in [0.1, 0.15) is 39.5 Å². The highest BCUT2D eigenvalue weighted by Gasteiger charge is 2.31. The monoisotopic (exact) mass is 252 g/mol. The number of nitrogens with zero attached hydrogens (tertiary/aromatic N) is 1. The molecule has 0 aromatic carbocycles.